The molecule has 0 radical (unpaired) electrons. The molecule has 16 nitrogen and oxygen atoms in total. The molecule has 16 heteroatoms. The third kappa shape index (κ3) is 38.3. The average molecular weight is 741 g/mol. The van der Waals surface area contributed by atoms with Crippen molar-refractivity contribution < 1.29 is 19.2 Å². The summed E-state index contributed by atoms with van der Waals surface area (Å²) in [6.07, 6.45) is 12.5. The molecular weight excluding hydrogens is 664 g/mol. The van der Waals surface area contributed by atoms with Gasteiger partial charge in [0.15, 0.2) is 0 Å². The number of amides is 4. The molecule has 0 unspecified atom stereocenters. The van der Waals surface area contributed by atoms with Gasteiger partial charge in [-0.3, -0.25) is 19.2 Å². The summed E-state index contributed by atoms with van der Waals surface area (Å²) < 4.78 is 0. The third-order valence-electron chi connectivity index (χ3n) is 7.81. The van der Waals surface area contributed by atoms with Crippen LogP contribution >= 0.6 is 0 Å². The van der Waals surface area contributed by atoms with Gasteiger partial charge in [0.05, 0.1) is 0 Å². The van der Waals surface area contributed by atoms with E-state index in [1.54, 1.807) is 0 Å². The first-order chi connectivity index (χ1) is 25.0. The van der Waals surface area contributed by atoms with E-state index in [2.05, 4.69) is 40.9 Å². The van der Waals surface area contributed by atoms with Crippen molar-refractivity contribution in [2.45, 2.75) is 51.4 Å². The summed E-state index contributed by atoms with van der Waals surface area (Å²) in [6.45, 7) is 12.6. The van der Waals surface area contributed by atoms with E-state index in [0.29, 0.717) is 52.4 Å². The summed E-state index contributed by atoms with van der Waals surface area (Å²) in [5.74, 6) is -0.977. The SMILES string of the molecule is CN(CCCN)CCCNC(=O)/C=C/C(=O)NCCCN(C)CCCN.CN(CCCN)CCCNC(=O)/C=C\C(=O)NCCCN(C)CCCN. The number of rotatable bonds is 32. The van der Waals surface area contributed by atoms with Gasteiger partial charge in [-0.15, -0.1) is 0 Å². The molecule has 0 aliphatic rings. The molecule has 0 fully saturated rings. The number of nitrogens with two attached hydrogens (primary N) is 4. The van der Waals surface area contributed by atoms with Gasteiger partial charge in [0.1, 0.15) is 0 Å². The lowest BCUT2D eigenvalue weighted by Crippen LogP contribution is -2.29. The summed E-state index contributed by atoms with van der Waals surface area (Å²) in [7, 11) is 8.16. The lowest BCUT2D eigenvalue weighted by atomic mass is 10.3. The fraction of sp³-hybridized carbons (Fsp3) is 0.778. The summed E-state index contributed by atoms with van der Waals surface area (Å²) in [6, 6.07) is 0. The molecule has 0 saturated carbocycles. The van der Waals surface area contributed by atoms with Crippen molar-refractivity contribution in [3.05, 3.63) is 24.3 Å². The minimum absolute atomic E-state index is 0.244. The lowest BCUT2D eigenvalue weighted by molar-refractivity contribution is -0.118. The van der Waals surface area contributed by atoms with Crippen molar-refractivity contribution in [2.75, 3.05) is 133 Å². The Morgan fingerprint density at radius 2 is 0.538 bits per heavy atom. The summed E-state index contributed by atoms with van der Waals surface area (Å²) >= 11 is 0. The van der Waals surface area contributed by atoms with Crippen molar-refractivity contribution in [3.63, 3.8) is 0 Å². The largest absolute Gasteiger partial charge is 0.353 e. The zero-order valence-corrected chi connectivity index (χ0v) is 33.0. The Bertz CT molecular complexity index is 808. The van der Waals surface area contributed by atoms with E-state index >= 15 is 0 Å². The Morgan fingerprint density at radius 1 is 0.365 bits per heavy atom. The predicted octanol–water partition coefficient (Wildman–Crippen LogP) is -1.77. The van der Waals surface area contributed by atoms with Crippen LogP contribution in [0.15, 0.2) is 24.3 Å². The third-order valence-corrected chi connectivity index (χ3v) is 7.81. The maximum atomic E-state index is 11.7. The van der Waals surface area contributed by atoms with E-state index in [-0.39, 0.29) is 23.6 Å². The number of nitrogens with zero attached hydrogens (tertiary/aromatic N) is 4. The Balaban J connectivity index is 0. The van der Waals surface area contributed by atoms with Crippen molar-refractivity contribution in [3.8, 4) is 0 Å². The number of carbonyl (C=O) groups excluding carboxylic acids is 4. The minimum Gasteiger partial charge on any atom is -0.353 e. The van der Waals surface area contributed by atoms with Crippen LogP contribution in [0.5, 0.6) is 0 Å². The molecule has 0 bridgehead atoms. The van der Waals surface area contributed by atoms with Crippen molar-refractivity contribution in [1.82, 2.24) is 40.9 Å². The van der Waals surface area contributed by atoms with Gasteiger partial charge in [-0.25, -0.2) is 0 Å². The van der Waals surface area contributed by atoms with Crippen molar-refractivity contribution >= 4 is 23.6 Å². The molecule has 0 aliphatic heterocycles. The van der Waals surface area contributed by atoms with Crippen LogP contribution in [0.1, 0.15) is 51.4 Å². The molecule has 0 heterocycles. The smallest absolute Gasteiger partial charge is 0.244 e. The molecule has 0 aromatic heterocycles. The van der Waals surface area contributed by atoms with Crippen molar-refractivity contribution in [1.29, 1.82) is 0 Å². The standard InChI is InChI=1S/2C18H38N6O2/c2*1-23(13-3-9-19)15-5-11-21-17(25)7-8-18(26)22-12-6-16-24(2)14-4-10-20/h2*7-8H,3-6,9-16,19-20H2,1-2H3,(H,21,25)(H,22,26)/b8-7+;8-7-. The maximum Gasteiger partial charge on any atom is 0.244 e. The fourth-order valence-corrected chi connectivity index (χ4v) is 4.67. The zero-order valence-electron chi connectivity index (χ0n) is 33.0. The second-order valence-electron chi connectivity index (χ2n) is 13.0. The van der Waals surface area contributed by atoms with E-state index < -0.39 is 0 Å². The molecule has 304 valence electrons. The van der Waals surface area contributed by atoms with E-state index in [4.69, 9.17) is 22.9 Å². The van der Waals surface area contributed by atoms with Crippen molar-refractivity contribution in [2.24, 2.45) is 22.9 Å². The highest BCUT2D eigenvalue weighted by atomic mass is 16.2. The fourth-order valence-electron chi connectivity index (χ4n) is 4.67. The highest BCUT2D eigenvalue weighted by Crippen LogP contribution is 1.92. The summed E-state index contributed by atoms with van der Waals surface area (Å²) in [4.78, 5) is 55.4. The van der Waals surface area contributed by atoms with Crippen LogP contribution in [-0.2, 0) is 19.2 Å². The topological polar surface area (TPSA) is 233 Å². The Morgan fingerprint density at radius 3 is 0.712 bits per heavy atom. The number of hydrogen-bond acceptors (Lipinski definition) is 12. The van der Waals surface area contributed by atoms with Crippen LogP contribution in [-0.4, -0.2) is 176 Å². The molecule has 0 spiro atoms. The number of hydrogen-bond donors (Lipinski definition) is 8. The zero-order chi connectivity index (χ0) is 39.2. The molecule has 4 amide bonds. The quantitative estimate of drug-likeness (QED) is 0.0283. The van der Waals surface area contributed by atoms with Gasteiger partial charge in [-0.05, 0) is 158 Å². The van der Waals surface area contributed by atoms with Gasteiger partial charge in [-0.1, -0.05) is 0 Å². The number of carbonyl (C=O) groups is 4. The molecule has 0 rings (SSSR count). The van der Waals surface area contributed by atoms with E-state index in [1.165, 1.54) is 24.3 Å². The first-order valence-corrected chi connectivity index (χ1v) is 19.0. The van der Waals surface area contributed by atoms with E-state index in [9.17, 15) is 19.2 Å². The second kappa shape index (κ2) is 37.8. The molecule has 0 aromatic carbocycles. The highest BCUT2D eigenvalue weighted by Gasteiger charge is 2.03. The lowest BCUT2D eigenvalue weighted by Gasteiger charge is -2.15. The van der Waals surface area contributed by atoms with Gasteiger partial charge < -0.3 is 63.8 Å². The first kappa shape index (κ1) is 51.1. The van der Waals surface area contributed by atoms with E-state index in [0.717, 1.165) is 104 Å². The van der Waals surface area contributed by atoms with Crippen LogP contribution in [0.4, 0.5) is 0 Å². The Hall–Kier alpha value is -2.96. The summed E-state index contributed by atoms with van der Waals surface area (Å²) in [5.41, 5.74) is 21.9. The Labute approximate surface area is 314 Å². The van der Waals surface area contributed by atoms with Gasteiger partial charge in [-0.2, -0.15) is 0 Å². The minimum atomic E-state index is -0.244. The molecule has 0 saturated heterocycles. The van der Waals surface area contributed by atoms with Crippen LogP contribution in [0, 0.1) is 0 Å². The van der Waals surface area contributed by atoms with Gasteiger partial charge in [0.25, 0.3) is 0 Å². The van der Waals surface area contributed by atoms with Gasteiger partial charge >= 0.3 is 0 Å². The van der Waals surface area contributed by atoms with Crippen LogP contribution in [0.25, 0.3) is 0 Å². The molecule has 0 atom stereocenters. The van der Waals surface area contributed by atoms with Gasteiger partial charge in [0.2, 0.25) is 23.6 Å². The van der Waals surface area contributed by atoms with Crippen LogP contribution in [0.2, 0.25) is 0 Å². The molecule has 52 heavy (non-hydrogen) atoms. The predicted molar refractivity (Wildman–Crippen MR) is 213 cm³/mol. The van der Waals surface area contributed by atoms with Gasteiger partial charge in [0, 0.05) is 50.5 Å². The molecule has 0 aliphatic carbocycles. The van der Waals surface area contributed by atoms with Crippen LogP contribution < -0.4 is 44.2 Å². The highest BCUT2D eigenvalue weighted by molar-refractivity contribution is 5.97. The maximum absolute atomic E-state index is 11.7. The average Bonchev–Trinajstić information content (AvgIpc) is 3.13. The number of nitrogens with one attached hydrogen (secondary N) is 4. The Kier molecular flexibility index (Phi) is 37.2. The molecule has 12 N–H and O–H groups in total. The first-order valence-electron chi connectivity index (χ1n) is 19.0. The monoisotopic (exact) mass is 741 g/mol. The van der Waals surface area contributed by atoms with Crippen LogP contribution in [0.3, 0.4) is 0 Å². The molecular formula is C36H76N12O4. The summed E-state index contributed by atoms with van der Waals surface area (Å²) in [5, 5.41) is 11.1. The van der Waals surface area contributed by atoms with E-state index in [1.807, 2.05) is 28.2 Å². The normalized spacial score (nSPS) is 11.5. The second-order valence-corrected chi connectivity index (χ2v) is 13.0. The molecule has 0 aromatic rings.